The molecule has 2 aromatic carbocycles. The highest BCUT2D eigenvalue weighted by Gasteiger charge is 2.15. The van der Waals surface area contributed by atoms with E-state index in [1.54, 1.807) is 41.1 Å². The number of methoxy groups -OCH3 is 1. The van der Waals surface area contributed by atoms with Gasteiger partial charge in [-0.05, 0) is 43.3 Å². The second-order valence-corrected chi connectivity index (χ2v) is 7.43. The number of rotatable bonds is 7. The predicted octanol–water partition coefficient (Wildman–Crippen LogP) is 4.47. The van der Waals surface area contributed by atoms with Crippen molar-refractivity contribution in [2.45, 2.75) is 6.92 Å². The minimum Gasteiger partial charge on any atom is -0.493 e. The van der Waals surface area contributed by atoms with Gasteiger partial charge in [0.2, 0.25) is 5.13 Å². The molecule has 1 N–H and O–H groups in total. The lowest BCUT2D eigenvalue weighted by Gasteiger charge is -2.10. The van der Waals surface area contributed by atoms with Gasteiger partial charge in [-0.25, -0.2) is 9.37 Å². The molecule has 0 unspecified atom stereocenters. The first-order valence-corrected chi connectivity index (χ1v) is 10.3. The summed E-state index contributed by atoms with van der Waals surface area (Å²) in [6.07, 6.45) is 0. The number of benzene rings is 2. The number of aromatic nitrogens is 3. The van der Waals surface area contributed by atoms with Crippen LogP contribution in [-0.2, 0) is 4.79 Å². The van der Waals surface area contributed by atoms with Crippen molar-refractivity contribution in [3.63, 3.8) is 0 Å². The number of carbonyl (C=O) groups excluding carboxylic acids is 1. The van der Waals surface area contributed by atoms with Gasteiger partial charge in [0.15, 0.2) is 18.1 Å². The van der Waals surface area contributed by atoms with Gasteiger partial charge in [0.25, 0.3) is 5.91 Å². The van der Waals surface area contributed by atoms with E-state index in [4.69, 9.17) is 9.47 Å². The standard InChI is InChI=1S/C22H19FN4O3S/c1-14-11-20(25-21(28)12-30-19-6-4-3-5-18(19)29-2)27(26-14)22-24-17(13-31-22)15-7-9-16(23)10-8-15/h3-11,13H,12H2,1-2H3,(H,25,28). The molecular formula is C22H19FN4O3S. The molecule has 0 radical (unpaired) electrons. The molecule has 31 heavy (non-hydrogen) atoms. The fourth-order valence-electron chi connectivity index (χ4n) is 2.91. The maximum absolute atomic E-state index is 13.2. The smallest absolute Gasteiger partial charge is 0.263 e. The van der Waals surface area contributed by atoms with Gasteiger partial charge >= 0.3 is 0 Å². The average molecular weight is 438 g/mol. The largest absolute Gasteiger partial charge is 0.493 e. The van der Waals surface area contributed by atoms with E-state index in [-0.39, 0.29) is 18.3 Å². The lowest BCUT2D eigenvalue weighted by Crippen LogP contribution is -2.22. The van der Waals surface area contributed by atoms with Gasteiger partial charge in [-0.2, -0.15) is 9.78 Å². The molecule has 1 amide bonds. The summed E-state index contributed by atoms with van der Waals surface area (Å²) in [5, 5.41) is 9.67. The Morgan fingerprint density at radius 3 is 2.65 bits per heavy atom. The monoisotopic (exact) mass is 438 g/mol. The Morgan fingerprint density at radius 1 is 1.16 bits per heavy atom. The average Bonchev–Trinajstić information content (AvgIpc) is 3.39. The van der Waals surface area contributed by atoms with Crippen molar-refractivity contribution in [1.82, 2.24) is 14.8 Å². The van der Waals surface area contributed by atoms with Gasteiger partial charge in [0.1, 0.15) is 11.6 Å². The van der Waals surface area contributed by atoms with Crippen LogP contribution in [0.5, 0.6) is 11.5 Å². The van der Waals surface area contributed by atoms with Crippen molar-refractivity contribution in [2.24, 2.45) is 0 Å². The van der Waals surface area contributed by atoms with Crippen LogP contribution in [0.3, 0.4) is 0 Å². The van der Waals surface area contributed by atoms with Crippen molar-refractivity contribution >= 4 is 23.1 Å². The van der Waals surface area contributed by atoms with Gasteiger partial charge in [-0.1, -0.05) is 12.1 Å². The van der Waals surface area contributed by atoms with E-state index in [0.717, 1.165) is 11.3 Å². The number of ether oxygens (including phenoxy) is 2. The van der Waals surface area contributed by atoms with E-state index in [1.165, 1.54) is 30.6 Å². The van der Waals surface area contributed by atoms with Gasteiger partial charge in [-0.3, -0.25) is 4.79 Å². The number of nitrogens with one attached hydrogen (secondary N) is 1. The maximum atomic E-state index is 13.2. The van der Waals surface area contributed by atoms with Crippen molar-refractivity contribution in [3.8, 4) is 27.9 Å². The van der Waals surface area contributed by atoms with Crippen molar-refractivity contribution < 1.29 is 18.7 Å². The molecule has 0 saturated heterocycles. The molecule has 9 heteroatoms. The van der Waals surface area contributed by atoms with Crippen molar-refractivity contribution in [2.75, 3.05) is 19.0 Å². The van der Waals surface area contributed by atoms with E-state index in [9.17, 15) is 9.18 Å². The molecule has 0 spiro atoms. The Kier molecular flexibility index (Phi) is 5.94. The predicted molar refractivity (Wildman–Crippen MR) is 116 cm³/mol. The minimum absolute atomic E-state index is 0.191. The van der Waals surface area contributed by atoms with Crippen LogP contribution >= 0.6 is 11.3 Å². The lowest BCUT2D eigenvalue weighted by atomic mass is 10.2. The van der Waals surface area contributed by atoms with Gasteiger partial charge < -0.3 is 14.8 Å². The van der Waals surface area contributed by atoms with E-state index < -0.39 is 0 Å². The summed E-state index contributed by atoms with van der Waals surface area (Å²) in [5.74, 6) is 0.858. The summed E-state index contributed by atoms with van der Waals surface area (Å²) in [4.78, 5) is 17.0. The van der Waals surface area contributed by atoms with Crippen LogP contribution in [0.2, 0.25) is 0 Å². The van der Waals surface area contributed by atoms with Crippen molar-refractivity contribution in [1.29, 1.82) is 0 Å². The zero-order valence-electron chi connectivity index (χ0n) is 16.8. The molecule has 2 heterocycles. The highest BCUT2D eigenvalue weighted by Crippen LogP contribution is 2.27. The fraction of sp³-hybridized carbons (Fsp3) is 0.136. The lowest BCUT2D eigenvalue weighted by molar-refractivity contribution is -0.118. The normalized spacial score (nSPS) is 10.7. The summed E-state index contributed by atoms with van der Waals surface area (Å²) < 4.78 is 25.5. The van der Waals surface area contributed by atoms with Gasteiger partial charge in [0.05, 0.1) is 18.5 Å². The molecule has 4 aromatic rings. The Balaban J connectivity index is 1.49. The summed E-state index contributed by atoms with van der Waals surface area (Å²) in [6, 6.07) is 15.0. The number of hydrogen-bond acceptors (Lipinski definition) is 6. The molecule has 0 aliphatic rings. The summed E-state index contributed by atoms with van der Waals surface area (Å²) >= 11 is 1.37. The first-order chi connectivity index (χ1) is 15.0. The number of carbonyl (C=O) groups is 1. The van der Waals surface area contributed by atoms with Gasteiger partial charge in [-0.15, -0.1) is 11.3 Å². The van der Waals surface area contributed by atoms with Crippen molar-refractivity contribution in [3.05, 3.63) is 71.5 Å². The summed E-state index contributed by atoms with van der Waals surface area (Å²) in [5.41, 5.74) is 2.22. The van der Waals surface area contributed by atoms with E-state index in [0.29, 0.717) is 28.1 Å². The molecule has 0 fully saturated rings. The highest BCUT2D eigenvalue weighted by molar-refractivity contribution is 7.12. The Labute approximate surface area is 182 Å². The summed E-state index contributed by atoms with van der Waals surface area (Å²) in [7, 11) is 1.54. The third kappa shape index (κ3) is 4.72. The first-order valence-electron chi connectivity index (χ1n) is 9.37. The van der Waals surface area contributed by atoms with E-state index in [2.05, 4.69) is 15.4 Å². The molecule has 0 atom stereocenters. The maximum Gasteiger partial charge on any atom is 0.263 e. The highest BCUT2D eigenvalue weighted by atomic mass is 32.1. The number of thiazole rings is 1. The molecule has 0 aliphatic heterocycles. The first kappa shape index (κ1) is 20.5. The second-order valence-electron chi connectivity index (χ2n) is 6.59. The number of anilines is 1. The molecule has 2 aromatic heterocycles. The molecule has 0 aliphatic carbocycles. The fourth-order valence-corrected chi connectivity index (χ4v) is 3.71. The quantitative estimate of drug-likeness (QED) is 0.461. The number of hydrogen-bond donors (Lipinski definition) is 1. The molecule has 158 valence electrons. The van der Waals surface area contributed by atoms with Crippen LogP contribution in [0.4, 0.5) is 10.2 Å². The van der Waals surface area contributed by atoms with E-state index in [1.807, 2.05) is 18.4 Å². The van der Waals surface area contributed by atoms with E-state index >= 15 is 0 Å². The van der Waals surface area contributed by atoms with Crippen LogP contribution in [0, 0.1) is 12.7 Å². The Bertz CT molecular complexity index is 1200. The number of aryl methyl sites for hydroxylation is 1. The molecular weight excluding hydrogens is 419 g/mol. The number of para-hydroxylation sites is 2. The van der Waals surface area contributed by atoms with Gasteiger partial charge in [0, 0.05) is 17.0 Å². The minimum atomic E-state index is -0.345. The number of amides is 1. The van der Waals surface area contributed by atoms with Crippen LogP contribution in [0.25, 0.3) is 16.4 Å². The molecule has 7 nitrogen and oxygen atoms in total. The Morgan fingerprint density at radius 2 is 1.90 bits per heavy atom. The third-order valence-electron chi connectivity index (χ3n) is 4.34. The molecule has 0 bridgehead atoms. The number of nitrogens with zero attached hydrogens (tertiary/aromatic N) is 3. The Hall–Kier alpha value is -3.72. The van der Waals surface area contributed by atoms with Crippen LogP contribution in [-0.4, -0.2) is 34.4 Å². The van der Waals surface area contributed by atoms with Crippen LogP contribution in [0.1, 0.15) is 5.69 Å². The third-order valence-corrected chi connectivity index (χ3v) is 5.16. The molecule has 4 rings (SSSR count). The second kappa shape index (κ2) is 8.97. The topological polar surface area (TPSA) is 78.3 Å². The van der Waals surface area contributed by atoms with Crippen LogP contribution < -0.4 is 14.8 Å². The zero-order chi connectivity index (χ0) is 21.8. The molecule has 0 saturated carbocycles. The SMILES string of the molecule is COc1ccccc1OCC(=O)Nc1cc(C)nn1-c1nc(-c2ccc(F)cc2)cs1. The summed E-state index contributed by atoms with van der Waals surface area (Å²) in [6.45, 7) is 1.63. The number of halogens is 1. The zero-order valence-corrected chi connectivity index (χ0v) is 17.6. The van der Waals surface area contributed by atoms with Crippen LogP contribution in [0.15, 0.2) is 60.0 Å².